The normalized spacial score (nSPS) is 16.4. The molecule has 0 radical (unpaired) electrons. The second-order valence-corrected chi connectivity index (χ2v) is 3.60. The van der Waals surface area contributed by atoms with Gasteiger partial charge in [-0.3, -0.25) is 4.79 Å². The van der Waals surface area contributed by atoms with E-state index in [1.807, 2.05) is 0 Å². The van der Waals surface area contributed by atoms with Gasteiger partial charge in [-0.2, -0.15) is 0 Å². The number of allylic oxidation sites excluding steroid dienone is 2. The third-order valence-electron chi connectivity index (χ3n) is 2.53. The standard InChI is InChI=1S/C12H10F2O/c13-9-3-6-11(12(14)7-9)8-1-4-10(15)5-2-8/h1,3,6-7H,2,4-5H2. The minimum Gasteiger partial charge on any atom is -0.299 e. The number of carbonyl (C=O) groups is 1. The number of hydrogen-bond donors (Lipinski definition) is 0. The Morgan fingerprint density at radius 1 is 1.13 bits per heavy atom. The molecule has 15 heavy (non-hydrogen) atoms. The highest BCUT2D eigenvalue weighted by Crippen LogP contribution is 2.27. The van der Waals surface area contributed by atoms with Crippen molar-refractivity contribution in [3.8, 4) is 0 Å². The molecule has 0 saturated heterocycles. The first kappa shape index (κ1) is 10.0. The van der Waals surface area contributed by atoms with E-state index in [9.17, 15) is 13.6 Å². The van der Waals surface area contributed by atoms with Crippen molar-refractivity contribution in [2.75, 3.05) is 0 Å². The fourth-order valence-electron chi connectivity index (χ4n) is 1.71. The summed E-state index contributed by atoms with van der Waals surface area (Å²) in [5, 5.41) is 0. The average molecular weight is 208 g/mol. The lowest BCUT2D eigenvalue weighted by Gasteiger charge is -2.12. The average Bonchev–Trinajstić information content (AvgIpc) is 2.20. The Balaban J connectivity index is 2.34. The van der Waals surface area contributed by atoms with Crippen molar-refractivity contribution in [3.05, 3.63) is 41.5 Å². The van der Waals surface area contributed by atoms with Crippen LogP contribution in [0.1, 0.15) is 24.8 Å². The van der Waals surface area contributed by atoms with Crippen molar-refractivity contribution in [1.29, 1.82) is 0 Å². The Morgan fingerprint density at radius 2 is 1.93 bits per heavy atom. The van der Waals surface area contributed by atoms with Gasteiger partial charge >= 0.3 is 0 Å². The van der Waals surface area contributed by atoms with Crippen LogP contribution in [0.4, 0.5) is 8.78 Å². The largest absolute Gasteiger partial charge is 0.299 e. The van der Waals surface area contributed by atoms with Crippen molar-refractivity contribution in [2.24, 2.45) is 0 Å². The predicted octanol–water partition coefficient (Wildman–Crippen LogP) is 3.10. The van der Waals surface area contributed by atoms with Gasteiger partial charge in [-0.1, -0.05) is 6.08 Å². The molecule has 0 aliphatic heterocycles. The molecule has 2 rings (SSSR count). The quantitative estimate of drug-likeness (QED) is 0.693. The van der Waals surface area contributed by atoms with Crippen LogP contribution in [0.5, 0.6) is 0 Å². The van der Waals surface area contributed by atoms with Gasteiger partial charge in [0.2, 0.25) is 0 Å². The molecule has 0 fully saturated rings. The molecular formula is C12H10F2O. The van der Waals surface area contributed by atoms with Crippen LogP contribution in [-0.4, -0.2) is 5.78 Å². The summed E-state index contributed by atoms with van der Waals surface area (Å²) < 4.78 is 26.0. The molecule has 1 nitrogen and oxygen atoms in total. The lowest BCUT2D eigenvalue weighted by Crippen LogP contribution is -2.04. The van der Waals surface area contributed by atoms with Gasteiger partial charge < -0.3 is 0 Å². The molecule has 0 atom stereocenters. The third-order valence-corrected chi connectivity index (χ3v) is 2.53. The highest BCUT2D eigenvalue weighted by atomic mass is 19.1. The zero-order valence-corrected chi connectivity index (χ0v) is 8.09. The van der Waals surface area contributed by atoms with E-state index in [1.165, 1.54) is 12.1 Å². The molecular weight excluding hydrogens is 198 g/mol. The first-order chi connectivity index (χ1) is 7.16. The summed E-state index contributed by atoms with van der Waals surface area (Å²) >= 11 is 0. The summed E-state index contributed by atoms with van der Waals surface area (Å²) in [7, 11) is 0. The fourth-order valence-corrected chi connectivity index (χ4v) is 1.71. The van der Waals surface area contributed by atoms with E-state index >= 15 is 0 Å². The molecule has 1 aromatic rings. The van der Waals surface area contributed by atoms with E-state index in [-0.39, 0.29) is 5.78 Å². The molecule has 0 spiro atoms. The van der Waals surface area contributed by atoms with E-state index in [0.29, 0.717) is 24.8 Å². The lowest BCUT2D eigenvalue weighted by molar-refractivity contribution is -0.118. The van der Waals surface area contributed by atoms with Crippen LogP contribution in [0.3, 0.4) is 0 Å². The maximum Gasteiger partial charge on any atom is 0.137 e. The molecule has 0 amide bonds. The van der Waals surface area contributed by atoms with Gasteiger partial charge in [-0.25, -0.2) is 8.78 Å². The minimum atomic E-state index is -0.580. The molecule has 78 valence electrons. The molecule has 3 heteroatoms. The number of hydrogen-bond acceptors (Lipinski definition) is 1. The minimum absolute atomic E-state index is 0.168. The monoisotopic (exact) mass is 208 g/mol. The van der Waals surface area contributed by atoms with Gasteiger partial charge in [-0.05, 0) is 24.1 Å². The molecule has 1 aliphatic rings. The molecule has 0 bridgehead atoms. The van der Waals surface area contributed by atoms with E-state index in [2.05, 4.69) is 0 Å². The topological polar surface area (TPSA) is 17.1 Å². The summed E-state index contributed by atoms with van der Waals surface area (Å²) in [6.07, 6.45) is 3.07. The van der Waals surface area contributed by atoms with Crippen molar-refractivity contribution in [3.63, 3.8) is 0 Å². The third kappa shape index (κ3) is 2.12. The highest BCUT2D eigenvalue weighted by Gasteiger charge is 2.14. The van der Waals surface area contributed by atoms with Crippen molar-refractivity contribution >= 4 is 11.4 Å². The zero-order chi connectivity index (χ0) is 10.8. The van der Waals surface area contributed by atoms with Gasteiger partial charge in [0.15, 0.2) is 0 Å². The maximum absolute atomic E-state index is 13.4. The van der Waals surface area contributed by atoms with Gasteiger partial charge in [0.05, 0.1) is 0 Å². The molecule has 1 aromatic carbocycles. The Hall–Kier alpha value is -1.51. The number of halogens is 2. The number of Topliss-reactive ketones (excluding diaryl/α,β-unsaturated/α-hetero) is 1. The number of rotatable bonds is 1. The van der Waals surface area contributed by atoms with Crippen LogP contribution in [0.15, 0.2) is 24.3 Å². The predicted molar refractivity (Wildman–Crippen MR) is 53.2 cm³/mol. The van der Waals surface area contributed by atoms with Gasteiger partial charge in [0.1, 0.15) is 17.4 Å². The van der Waals surface area contributed by atoms with E-state index < -0.39 is 11.6 Å². The van der Waals surface area contributed by atoms with Crippen LogP contribution in [0, 0.1) is 11.6 Å². The SMILES string of the molecule is O=C1CC=C(c2ccc(F)cc2F)CC1. The van der Waals surface area contributed by atoms with Crippen LogP contribution >= 0.6 is 0 Å². The number of benzene rings is 1. The summed E-state index contributed by atoms with van der Waals surface area (Å²) in [4.78, 5) is 11.0. The first-order valence-corrected chi connectivity index (χ1v) is 4.83. The van der Waals surface area contributed by atoms with Crippen LogP contribution in [0.2, 0.25) is 0 Å². The molecule has 0 aromatic heterocycles. The molecule has 1 aliphatic carbocycles. The summed E-state index contributed by atoms with van der Waals surface area (Å²) in [6, 6.07) is 3.52. The molecule has 0 unspecified atom stereocenters. The molecule has 0 heterocycles. The first-order valence-electron chi connectivity index (χ1n) is 4.83. The Labute approximate surface area is 86.4 Å². The van der Waals surface area contributed by atoms with Crippen molar-refractivity contribution in [2.45, 2.75) is 19.3 Å². The van der Waals surface area contributed by atoms with Crippen LogP contribution in [-0.2, 0) is 4.79 Å². The van der Waals surface area contributed by atoms with Crippen LogP contribution < -0.4 is 0 Å². The van der Waals surface area contributed by atoms with E-state index in [0.717, 1.165) is 11.6 Å². The smallest absolute Gasteiger partial charge is 0.137 e. The molecule has 0 saturated carbocycles. The summed E-state index contributed by atoms with van der Waals surface area (Å²) in [5.41, 5.74) is 1.20. The van der Waals surface area contributed by atoms with Gasteiger partial charge in [-0.15, -0.1) is 0 Å². The Bertz CT molecular complexity index is 435. The second kappa shape index (κ2) is 3.93. The number of carbonyl (C=O) groups excluding carboxylic acids is 1. The Morgan fingerprint density at radius 3 is 2.53 bits per heavy atom. The maximum atomic E-state index is 13.4. The number of ketones is 1. The summed E-state index contributed by atoms with van der Waals surface area (Å²) in [5.74, 6) is -0.972. The summed E-state index contributed by atoms with van der Waals surface area (Å²) in [6.45, 7) is 0. The van der Waals surface area contributed by atoms with E-state index in [1.54, 1.807) is 6.08 Å². The molecule has 0 N–H and O–H groups in total. The van der Waals surface area contributed by atoms with Crippen molar-refractivity contribution in [1.82, 2.24) is 0 Å². The van der Waals surface area contributed by atoms with Gasteiger partial charge in [0.25, 0.3) is 0 Å². The highest BCUT2D eigenvalue weighted by molar-refractivity contribution is 5.86. The van der Waals surface area contributed by atoms with E-state index in [4.69, 9.17) is 0 Å². The lowest BCUT2D eigenvalue weighted by atomic mass is 9.93. The second-order valence-electron chi connectivity index (χ2n) is 3.60. The zero-order valence-electron chi connectivity index (χ0n) is 8.09. The van der Waals surface area contributed by atoms with Gasteiger partial charge in [0, 0.05) is 24.5 Å². The van der Waals surface area contributed by atoms with Crippen molar-refractivity contribution < 1.29 is 13.6 Å². The Kier molecular flexibility index (Phi) is 2.62. The van der Waals surface area contributed by atoms with Crippen LogP contribution in [0.25, 0.3) is 5.57 Å². The fraction of sp³-hybridized carbons (Fsp3) is 0.250.